The van der Waals surface area contributed by atoms with Crippen LogP contribution in [-0.4, -0.2) is 9.97 Å². The Morgan fingerprint density at radius 2 is 1.54 bits per heavy atom. The van der Waals surface area contributed by atoms with Crippen LogP contribution in [0, 0.1) is 6.92 Å². The Bertz CT molecular complexity index is 1010. The van der Waals surface area contributed by atoms with E-state index in [1.807, 2.05) is 73.7 Å². The minimum Gasteiger partial charge on any atom is -0.489 e. The summed E-state index contributed by atoms with van der Waals surface area (Å²) in [7, 11) is 0. The number of hydrogen-bond acceptors (Lipinski definition) is 4. The molecule has 0 atom stereocenters. The molecule has 128 valence electrons. The van der Waals surface area contributed by atoms with Crippen molar-refractivity contribution in [2.45, 2.75) is 13.5 Å². The minimum absolute atomic E-state index is 0.559. The lowest BCUT2D eigenvalue weighted by Gasteiger charge is -2.11. The Balaban J connectivity index is 1.49. The maximum Gasteiger partial charge on any atom is 0.142 e. The lowest BCUT2D eigenvalue weighted by molar-refractivity contribution is 0.306. The summed E-state index contributed by atoms with van der Waals surface area (Å²) in [4.78, 5) is 9.02. The third-order valence-corrected chi connectivity index (χ3v) is 4.08. The van der Waals surface area contributed by atoms with Gasteiger partial charge < -0.3 is 10.1 Å². The van der Waals surface area contributed by atoms with Gasteiger partial charge in [-0.15, -0.1) is 0 Å². The van der Waals surface area contributed by atoms with Crippen molar-refractivity contribution < 1.29 is 4.74 Å². The zero-order valence-corrected chi connectivity index (χ0v) is 14.5. The molecule has 0 radical (unpaired) electrons. The van der Waals surface area contributed by atoms with Crippen LogP contribution in [0.15, 0.2) is 78.9 Å². The van der Waals surface area contributed by atoms with Gasteiger partial charge >= 0.3 is 0 Å². The van der Waals surface area contributed by atoms with E-state index in [1.54, 1.807) is 0 Å². The van der Waals surface area contributed by atoms with E-state index >= 15 is 0 Å². The third-order valence-electron chi connectivity index (χ3n) is 4.08. The van der Waals surface area contributed by atoms with Crippen molar-refractivity contribution >= 4 is 22.4 Å². The van der Waals surface area contributed by atoms with E-state index in [-0.39, 0.29) is 0 Å². The summed E-state index contributed by atoms with van der Waals surface area (Å²) in [5, 5.41) is 4.38. The van der Waals surface area contributed by atoms with Gasteiger partial charge in [0.1, 0.15) is 24.0 Å². The highest BCUT2D eigenvalue weighted by Crippen LogP contribution is 2.25. The number of nitrogens with zero attached hydrogens (tertiary/aromatic N) is 2. The van der Waals surface area contributed by atoms with Crippen molar-refractivity contribution in [2.24, 2.45) is 0 Å². The standard InChI is InChI=1S/C22H19N3O/c1-16-23-21-10-6-5-9-20(21)22(24-16)25-18-11-13-19(14-12-18)26-15-17-7-3-2-4-8-17/h2-14H,15H2,1H3,(H,23,24,25). The normalized spacial score (nSPS) is 10.7. The number of benzene rings is 3. The Hall–Kier alpha value is -3.40. The molecule has 0 aliphatic rings. The van der Waals surface area contributed by atoms with Gasteiger partial charge in [0.2, 0.25) is 0 Å². The van der Waals surface area contributed by atoms with Gasteiger partial charge in [-0.1, -0.05) is 42.5 Å². The summed E-state index contributed by atoms with van der Waals surface area (Å²) >= 11 is 0. The Kier molecular flexibility index (Phi) is 4.48. The molecule has 4 aromatic rings. The summed E-state index contributed by atoms with van der Waals surface area (Å²) in [5.74, 6) is 2.39. The van der Waals surface area contributed by atoms with Crippen molar-refractivity contribution in [2.75, 3.05) is 5.32 Å². The molecule has 0 saturated heterocycles. The Morgan fingerprint density at radius 3 is 2.35 bits per heavy atom. The Labute approximate surface area is 152 Å². The predicted octanol–water partition coefficient (Wildman–Crippen LogP) is 5.26. The highest BCUT2D eigenvalue weighted by Gasteiger charge is 2.06. The van der Waals surface area contributed by atoms with Crippen LogP contribution in [0.25, 0.3) is 10.9 Å². The van der Waals surface area contributed by atoms with Gasteiger partial charge in [0, 0.05) is 11.1 Å². The van der Waals surface area contributed by atoms with Crippen molar-refractivity contribution in [3.63, 3.8) is 0 Å². The van der Waals surface area contributed by atoms with Gasteiger partial charge in [0.25, 0.3) is 0 Å². The fraction of sp³-hybridized carbons (Fsp3) is 0.0909. The molecule has 0 amide bonds. The second-order valence-corrected chi connectivity index (χ2v) is 6.06. The monoisotopic (exact) mass is 341 g/mol. The van der Waals surface area contributed by atoms with Crippen LogP contribution >= 0.6 is 0 Å². The molecule has 0 spiro atoms. The molecule has 1 N–H and O–H groups in total. The molecule has 0 aliphatic carbocycles. The molecule has 1 heterocycles. The molecule has 4 rings (SSSR count). The van der Waals surface area contributed by atoms with E-state index in [0.29, 0.717) is 6.61 Å². The van der Waals surface area contributed by atoms with Crippen molar-refractivity contribution in [1.29, 1.82) is 0 Å². The average Bonchev–Trinajstić information content (AvgIpc) is 2.68. The molecule has 0 unspecified atom stereocenters. The molecule has 4 nitrogen and oxygen atoms in total. The second-order valence-electron chi connectivity index (χ2n) is 6.06. The number of fused-ring (bicyclic) bond motifs is 1. The highest BCUT2D eigenvalue weighted by atomic mass is 16.5. The van der Waals surface area contributed by atoms with Crippen molar-refractivity contribution in [1.82, 2.24) is 9.97 Å². The number of anilines is 2. The van der Waals surface area contributed by atoms with E-state index in [9.17, 15) is 0 Å². The topological polar surface area (TPSA) is 47.0 Å². The fourth-order valence-corrected chi connectivity index (χ4v) is 2.80. The first-order valence-electron chi connectivity index (χ1n) is 8.55. The number of aromatic nitrogens is 2. The van der Waals surface area contributed by atoms with Gasteiger partial charge in [-0.3, -0.25) is 0 Å². The number of nitrogens with one attached hydrogen (secondary N) is 1. The summed E-state index contributed by atoms with van der Waals surface area (Å²) < 4.78 is 5.83. The zero-order valence-electron chi connectivity index (χ0n) is 14.5. The SMILES string of the molecule is Cc1nc(Nc2ccc(OCc3ccccc3)cc2)c2ccccc2n1. The van der Waals surface area contributed by atoms with Gasteiger partial charge in [-0.25, -0.2) is 9.97 Å². The van der Waals surface area contributed by atoms with Gasteiger partial charge in [-0.2, -0.15) is 0 Å². The van der Waals surface area contributed by atoms with Crippen LogP contribution in [0.4, 0.5) is 11.5 Å². The summed E-state index contributed by atoms with van der Waals surface area (Å²) in [6.45, 7) is 2.46. The maximum absolute atomic E-state index is 5.83. The molecule has 0 bridgehead atoms. The highest BCUT2D eigenvalue weighted by molar-refractivity contribution is 5.90. The summed E-state index contributed by atoms with van der Waals surface area (Å²) in [5.41, 5.74) is 3.04. The first kappa shape index (κ1) is 16.1. The number of ether oxygens (including phenoxy) is 1. The molecular formula is C22H19N3O. The smallest absolute Gasteiger partial charge is 0.142 e. The van der Waals surface area contributed by atoms with E-state index in [4.69, 9.17) is 4.74 Å². The van der Waals surface area contributed by atoms with Crippen LogP contribution in [0.5, 0.6) is 5.75 Å². The molecule has 26 heavy (non-hydrogen) atoms. The van der Waals surface area contributed by atoms with Gasteiger partial charge in [0.15, 0.2) is 0 Å². The number of aryl methyl sites for hydroxylation is 1. The van der Waals surface area contributed by atoms with Crippen LogP contribution in [0.2, 0.25) is 0 Å². The molecular weight excluding hydrogens is 322 g/mol. The van der Waals surface area contributed by atoms with E-state index < -0.39 is 0 Å². The average molecular weight is 341 g/mol. The lowest BCUT2D eigenvalue weighted by Crippen LogP contribution is -1.99. The van der Waals surface area contributed by atoms with Crippen molar-refractivity contribution in [3.05, 3.63) is 90.3 Å². The number of rotatable bonds is 5. The van der Waals surface area contributed by atoms with Crippen molar-refractivity contribution in [3.8, 4) is 5.75 Å². The second kappa shape index (κ2) is 7.23. The third kappa shape index (κ3) is 3.64. The Morgan fingerprint density at radius 1 is 0.808 bits per heavy atom. The summed E-state index contributed by atoms with van der Waals surface area (Å²) in [6.07, 6.45) is 0. The van der Waals surface area contributed by atoms with Gasteiger partial charge in [-0.05, 0) is 48.9 Å². The van der Waals surface area contributed by atoms with E-state index in [1.165, 1.54) is 0 Å². The predicted molar refractivity (Wildman–Crippen MR) is 105 cm³/mol. The largest absolute Gasteiger partial charge is 0.489 e. The van der Waals surface area contributed by atoms with Crippen LogP contribution in [0.1, 0.15) is 11.4 Å². The first-order valence-corrected chi connectivity index (χ1v) is 8.55. The fourth-order valence-electron chi connectivity index (χ4n) is 2.80. The van der Waals surface area contributed by atoms with E-state index in [2.05, 4.69) is 27.4 Å². The van der Waals surface area contributed by atoms with Gasteiger partial charge in [0.05, 0.1) is 5.52 Å². The number of hydrogen-bond donors (Lipinski definition) is 1. The molecule has 1 aromatic heterocycles. The zero-order chi connectivity index (χ0) is 17.8. The van der Waals surface area contributed by atoms with Crippen LogP contribution in [0.3, 0.4) is 0 Å². The minimum atomic E-state index is 0.559. The number of para-hydroxylation sites is 1. The molecule has 0 saturated carbocycles. The quantitative estimate of drug-likeness (QED) is 0.538. The van der Waals surface area contributed by atoms with E-state index in [0.717, 1.165) is 39.5 Å². The molecule has 0 fully saturated rings. The summed E-state index contributed by atoms with van der Waals surface area (Å²) in [6, 6.07) is 26.0. The first-order chi connectivity index (χ1) is 12.8. The molecule has 0 aliphatic heterocycles. The maximum atomic E-state index is 5.83. The molecule has 3 aromatic carbocycles. The van der Waals surface area contributed by atoms with Crippen LogP contribution < -0.4 is 10.1 Å². The lowest BCUT2D eigenvalue weighted by atomic mass is 10.2. The van der Waals surface area contributed by atoms with Crippen LogP contribution in [-0.2, 0) is 6.61 Å². The molecule has 4 heteroatoms.